The van der Waals surface area contributed by atoms with Gasteiger partial charge in [-0.2, -0.15) is 0 Å². The zero-order valence-corrected chi connectivity index (χ0v) is 68.0. The Morgan fingerprint density at radius 1 is 0.137 bits per heavy atom. The van der Waals surface area contributed by atoms with Gasteiger partial charge in [0.25, 0.3) is 0 Å². The first kappa shape index (κ1) is 72.8. The molecule has 0 N–H and O–H groups in total. The first-order valence-electron chi connectivity index (χ1n) is 42.7. The van der Waals surface area contributed by atoms with Gasteiger partial charge in [-0.15, -0.1) is 0 Å². The van der Waals surface area contributed by atoms with E-state index >= 15 is 0 Å². The van der Waals surface area contributed by atoms with Crippen molar-refractivity contribution in [1.29, 1.82) is 0 Å². The molecule has 0 fully saturated rings. The number of aromatic nitrogens is 2. The zero-order chi connectivity index (χ0) is 82.0. The minimum Gasteiger partial charge on any atom is -0.311 e. The summed E-state index contributed by atoms with van der Waals surface area (Å²) in [5.41, 5.74) is 34.3. The molecular formula is C120H80N4. The largest absolute Gasteiger partial charge is 0.311 e. The van der Waals surface area contributed by atoms with Gasteiger partial charge in [-0.1, -0.05) is 358 Å². The lowest BCUT2D eigenvalue weighted by Gasteiger charge is -2.29. The Kier molecular flexibility index (Phi) is 18.2. The summed E-state index contributed by atoms with van der Waals surface area (Å²) in [6.45, 7) is 0. The van der Waals surface area contributed by atoms with E-state index in [9.17, 15) is 0 Å². The smallest absolute Gasteiger partial charge is 0.0541 e. The van der Waals surface area contributed by atoms with E-state index in [0.717, 1.165) is 107 Å². The normalized spacial score (nSPS) is 11.5. The predicted octanol–water partition coefficient (Wildman–Crippen LogP) is 33.3. The minimum atomic E-state index is 1.05. The fraction of sp³-hybridized carbons (Fsp3) is 0. The van der Waals surface area contributed by atoms with Crippen molar-refractivity contribution < 1.29 is 0 Å². The standard InChI is InChI=1S/C120H80N4/c1-3-26-81(27-4-1)92-66-75-120(113(79-92)86-28-5-2-6-29-86)122(99-73-64-89(65-74-99)104-38-12-18-47-115(104)124-118-50-21-15-43-109(118)110-44-16-22-51-119(110)124)100-35-24-34-94(77-100)112-80-95-57-56-93(78-111(95)105-39-9-10-40-106(105)112)91-33-23-32-90(76-91)84-54-52-82(53-55-84)83-58-67-96(68-59-83)121(97-69-60-87(61-70-97)102-45-25-31-85-30-7-8-36-101(85)102)98-71-62-88(63-72-98)103-37-11-17-46-114(103)123-116-48-19-13-41-107(116)108-42-14-20-49-117(108)123/h1-80H. The van der Waals surface area contributed by atoms with Crippen molar-refractivity contribution in [2.24, 2.45) is 0 Å². The second kappa shape index (κ2) is 31.1. The van der Waals surface area contributed by atoms with E-state index in [2.05, 4.69) is 504 Å². The van der Waals surface area contributed by atoms with Crippen molar-refractivity contribution in [3.63, 3.8) is 0 Å². The van der Waals surface area contributed by atoms with Crippen molar-refractivity contribution in [2.45, 2.75) is 0 Å². The highest BCUT2D eigenvalue weighted by Crippen LogP contribution is 2.49. The van der Waals surface area contributed by atoms with E-state index in [4.69, 9.17) is 0 Å². The monoisotopic (exact) mass is 1580 g/mol. The lowest BCUT2D eigenvalue weighted by atomic mass is 9.90. The van der Waals surface area contributed by atoms with Gasteiger partial charge in [0.2, 0.25) is 0 Å². The molecule has 0 saturated carbocycles. The first-order valence-corrected chi connectivity index (χ1v) is 42.7. The molecule has 0 radical (unpaired) electrons. The molecule has 0 spiro atoms. The summed E-state index contributed by atoms with van der Waals surface area (Å²) in [7, 11) is 0. The third-order valence-electron chi connectivity index (χ3n) is 25.1. The van der Waals surface area contributed by atoms with Gasteiger partial charge in [0.1, 0.15) is 0 Å². The molecule has 0 aliphatic carbocycles. The highest BCUT2D eigenvalue weighted by molar-refractivity contribution is 6.16. The third kappa shape index (κ3) is 13.0. The first-order chi connectivity index (χ1) is 61.5. The molecule has 0 amide bonds. The Morgan fingerprint density at radius 3 is 1.03 bits per heavy atom. The molecule has 0 saturated heterocycles. The lowest BCUT2D eigenvalue weighted by Crippen LogP contribution is -2.11. The molecule has 23 rings (SSSR count). The van der Waals surface area contributed by atoms with Gasteiger partial charge in [0.05, 0.1) is 39.1 Å². The number of nitrogens with zero attached hydrogens (tertiary/aromatic N) is 4. The zero-order valence-electron chi connectivity index (χ0n) is 68.0. The van der Waals surface area contributed by atoms with Crippen molar-refractivity contribution in [1.82, 2.24) is 9.13 Å². The van der Waals surface area contributed by atoms with Gasteiger partial charge in [-0.05, 0) is 243 Å². The fourth-order valence-corrected chi connectivity index (χ4v) is 19.2. The summed E-state index contributed by atoms with van der Waals surface area (Å²) in [6, 6.07) is 178. The molecule has 0 unspecified atom stereocenters. The van der Waals surface area contributed by atoms with Crippen molar-refractivity contribution in [3.8, 4) is 112 Å². The maximum Gasteiger partial charge on any atom is 0.0541 e. The Morgan fingerprint density at radius 2 is 0.476 bits per heavy atom. The van der Waals surface area contributed by atoms with Gasteiger partial charge < -0.3 is 18.9 Å². The molecule has 2 heterocycles. The summed E-state index contributed by atoms with van der Waals surface area (Å²) in [6.07, 6.45) is 0. The number of hydrogen-bond acceptors (Lipinski definition) is 2. The van der Waals surface area contributed by atoms with Crippen LogP contribution in [0.25, 0.3) is 187 Å². The van der Waals surface area contributed by atoms with Crippen LogP contribution in [0.1, 0.15) is 0 Å². The van der Waals surface area contributed by atoms with Crippen LogP contribution in [-0.2, 0) is 0 Å². The molecule has 0 bridgehead atoms. The number of benzene rings is 21. The van der Waals surface area contributed by atoms with E-state index < -0.39 is 0 Å². The number of para-hydroxylation sites is 6. The molecule has 21 aromatic carbocycles. The van der Waals surface area contributed by atoms with E-state index in [1.807, 2.05) is 0 Å². The van der Waals surface area contributed by atoms with Gasteiger partial charge in [-0.3, -0.25) is 0 Å². The number of hydrogen-bond donors (Lipinski definition) is 0. The molecule has 4 heteroatoms. The minimum absolute atomic E-state index is 1.05. The van der Waals surface area contributed by atoms with Gasteiger partial charge in [0.15, 0.2) is 0 Å². The molecule has 124 heavy (non-hydrogen) atoms. The Hall–Kier alpha value is -16.4. The highest BCUT2D eigenvalue weighted by atomic mass is 15.1. The number of rotatable bonds is 17. The van der Waals surface area contributed by atoms with Gasteiger partial charge in [0, 0.05) is 66.7 Å². The van der Waals surface area contributed by atoms with Crippen LogP contribution in [0.4, 0.5) is 34.1 Å². The van der Waals surface area contributed by atoms with Crippen LogP contribution in [0.3, 0.4) is 0 Å². The SMILES string of the molecule is c1ccc(-c2ccc(N(c3ccc(-c4ccccc4-n4c5ccccc5c5ccccc54)cc3)c3cccc(-c4cc5ccc(-c6cccc(-c7ccc(-c8ccc(N(c9ccc(-c%10ccccc%10-n%10c%11ccccc%11c%11ccccc%11%10)cc9)c9ccc(-c%10cccc%11ccccc%10%11)cc9)cc8)cc7)c6)cc5c5ccccc45)c3)c(-c3ccccc3)c2)cc1. The van der Waals surface area contributed by atoms with Crippen molar-refractivity contribution in [3.05, 3.63) is 485 Å². The fourth-order valence-electron chi connectivity index (χ4n) is 19.2. The van der Waals surface area contributed by atoms with Gasteiger partial charge in [-0.25, -0.2) is 0 Å². The van der Waals surface area contributed by atoms with E-state index in [-0.39, 0.29) is 0 Å². The predicted molar refractivity (Wildman–Crippen MR) is 526 cm³/mol. The maximum absolute atomic E-state index is 2.46. The van der Waals surface area contributed by atoms with Crippen LogP contribution in [0, 0.1) is 0 Å². The van der Waals surface area contributed by atoms with Crippen molar-refractivity contribution >= 4 is 110 Å². The Bertz CT molecular complexity index is 7890. The average molecular weight is 1580 g/mol. The lowest BCUT2D eigenvalue weighted by molar-refractivity contribution is 1.18. The molecule has 23 aromatic rings. The van der Waals surface area contributed by atoms with Crippen LogP contribution in [0.2, 0.25) is 0 Å². The quantitative estimate of drug-likeness (QED) is 0.0845. The maximum atomic E-state index is 2.46. The highest BCUT2D eigenvalue weighted by Gasteiger charge is 2.24. The summed E-state index contributed by atoms with van der Waals surface area (Å²) in [5, 5.41) is 12.3. The van der Waals surface area contributed by atoms with Crippen molar-refractivity contribution in [2.75, 3.05) is 9.80 Å². The Balaban J connectivity index is 0.554. The van der Waals surface area contributed by atoms with Crippen LogP contribution in [0.5, 0.6) is 0 Å². The third-order valence-corrected chi connectivity index (χ3v) is 25.1. The Labute approximate surface area is 720 Å². The summed E-state index contributed by atoms with van der Waals surface area (Å²) in [5.74, 6) is 0. The molecule has 580 valence electrons. The molecular weight excluding hydrogens is 1500 g/mol. The van der Waals surface area contributed by atoms with Gasteiger partial charge >= 0.3 is 0 Å². The second-order valence-corrected chi connectivity index (χ2v) is 32.2. The molecule has 0 aliphatic rings. The van der Waals surface area contributed by atoms with E-state index in [1.165, 1.54) is 115 Å². The van der Waals surface area contributed by atoms with E-state index in [1.54, 1.807) is 0 Å². The van der Waals surface area contributed by atoms with Crippen LogP contribution in [0.15, 0.2) is 485 Å². The molecule has 0 aliphatic heterocycles. The van der Waals surface area contributed by atoms with E-state index in [0.29, 0.717) is 0 Å². The van der Waals surface area contributed by atoms with Crippen LogP contribution in [-0.4, -0.2) is 9.13 Å². The van der Waals surface area contributed by atoms with Crippen LogP contribution < -0.4 is 9.80 Å². The molecule has 2 aromatic heterocycles. The average Bonchev–Trinajstić information content (AvgIpc) is 1.53. The summed E-state index contributed by atoms with van der Waals surface area (Å²) in [4.78, 5) is 4.83. The summed E-state index contributed by atoms with van der Waals surface area (Å²) < 4.78 is 4.85. The molecule has 4 nitrogen and oxygen atoms in total. The molecule has 0 atom stereocenters. The number of anilines is 6. The topological polar surface area (TPSA) is 16.3 Å². The second-order valence-electron chi connectivity index (χ2n) is 32.2. The summed E-state index contributed by atoms with van der Waals surface area (Å²) >= 11 is 0. The number of fused-ring (bicyclic) bond motifs is 10. The van der Waals surface area contributed by atoms with Crippen LogP contribution >= 0.6 is 0 Å².